The van der Waals surface area contributed by atoms with Crippen LogP contribution >= 0.6 is 11.3 Å². The minimum atomic E-state index is -0.603. The highest BCUT2D eigenvalue weighted by Gasteiger charge is 2.36. The van der Waals surface area contributed by atoms with Gasteiger partial charge in [0.1, 0.15) is 10.6 Å². The summed E-state index contributed by atoms with van der Waals surface area (Å²) in [4.78, 5) is 40.3. The summed E-state index contributed by atoms with van der Waals surface area (Å²) in [6.07, 6.45) is 3.34. The van der Waals surface area contributed by atoms with Gasteiger partial charge in [0.25, 0.3) is 0 Å². The van der Waals surface area contributed by atoms with E-state index in [2.05, 4.69) is 19.2 Å². The summed E-state index contributed by atoms with van der Waals surface area (Å²) in [5.41, 5.74) is 1.12. The zero-order chi connectivity index (χ0) is 21.6. The molecule has 7 heteroatoms. The van der Waals surface area contributed by atoms with Gasteiger partial charge < -0.3 is 15.0 Å². The van der Waals surface area contributed by atoms with Crippen LogP contribution in [-0.2, 0) is 27.2 Å². The lowest BCUT2D eigenvalue weighted by atomic mass is 9.77. The Kier molecular flexibility index (Phi) is 5.82. The first kappa shape index (κ1) is 21.8. The molecular weight excluding hydrogens is 388 g/mol. The van der Waals surface area contributed by atoms with Crippen molar-refractivity contribution >= 4 is 34.1 Å². The highest BCUT2D eigenvalue weighted by molar-refractivity contribution is 7.17. The summed E-state index contributed by atoms with van der Waals surface area (Å²) in [6, 6.07) is 0. The van der Waals surface area contributed by atoms with Gasteiger partial charge in [0.15, 0.2) is 0 Å². The number of amides is 2. The maximum absolute atomic E-state index is 13.0. The molecule has 1 N–H and O–H groups in total. The second kappa shape index (κ2) is 7.74. The second-order valence-corrected chi connectivity index (χ2v) is 11.1. The van der Waals surface area contributed by atoms with Crippen LogP contribution in [0.4, 0.5) is 5.00 Å². The number of anilines is 1. The Morgan fingerprint density at radius 3 is 2.52 bits per heavy atom. The summed E-state index contributed by atoms with van der Waals surface area (Å²) in [7, 11) is 0. The van der Waals surface area contributed by atoms with Crippen LogP contribution < -0.4 is 5.32 Å². The molecule has 160 valence electrons. The Hall–Kier alpha value is -1.89. The van der Waals surface area contributed by atoms with Crippen molar-refractivity contribution in [2.24, 2.45) is 11.3 Å². The standard InChI is InChI=1S/C22H32N2O4S/c1-13(25)24-10-8-14(12-24)18(26)23-19-17(20(27)28-21(2,3)4)15-7-9-22(5,6)11-16(15)29-19/h14H,7-12H2,1-6H3,(H,23,26)/t14-/m0/s1. The van der Waals surface area contributed by atoms with E-state index in [4.69, 9.17) is 4.74 Å². The van der Waals surface area contributed by atoms with Gasteiger partial charge in [0.2, 0.25) is 11.8 Å². The predicted octanol–water partition coefficient (Wildman–Crippen LogP) is 4.03. The van der Waals surface area contributed by atoms with Crippen LogP contribution in [0.1, 0.15) is 75.2 Å². The maximum atomic E-state index is 13.0. The normalized spacial score (nSPS) is 20.9. The molecule has 29 heavy (non-hydrogen) atoms. The van der Waals surface area contributed by atoms with Crippen molar-refractivity contribution in [3.63, 3.8) is 0 Å². The van der Waals surface area contributed by atoms with Gasteiger partial charge in [-0.3, -0.25) is 9.59 Å². The average molecular weight is 421 g/mol. The number of hydrogen-bond donors (Lipinski definition) is 1. The third-order valence-corrected chi connectivity index (χ3v) is 6.77. The van der Waals surface area contributed by atoms with E-state index in [9.17, 15) is 14.4 Å². The molecule has 0 unspecified atom stereocenters. The summed E-state index contributed by atoms with van der Waals surface area (Å²) >= 11 is 1.50. The minimum absolute atomic E-state index is 0.0106. The van der Waals surface area contributed by atoms with Crippen LogP contribution in [0.15, 0.2) is 0 Å². The van der Waals surface area contributed by atoms with Gasteiger partial charge in [-0.15, -0.1) is 11.3 Å². The van der Waals surface area contributed by atoms with Crippen molar-refractivity contribution in [1.29, 1.82) is 0 Å². The largest absolute Gasteiger partial charge is 0.456 e. The van der Waals surface area contributed by atoms with Crippen molar-refractivity contribution in [2.45, 2.75) is 72.8 Å². The fraction of sp³-hybridized carbons (Fsp3) is 0.682. The molecule has 1 aromatic heterocycles. The second-order valence-electron chi connectivity index (χ2n) is 9.99. The van der Waals surface area contributed by atoms with E-state index < -0.39 is 5.60 Å². The molecule has 1 aliphatic heterocycles. The Bertz CT molecular complexity index is 835. The van der Waals surface area contributed by atoms with Crippen molar-refractivity contribution in [3.05, 3.63) is 16.0 Å². The number of ether oxygens (including phenoxy) is 1. The van der Waals surface area contributed by atoms with Gasteiger partial charge in [-0.05, 0) is 57.4 Å². The first-order valence-electron chi connectivity index (χ1n) is 10.3. The summed E-state index contributed by atoms with van der Waals surface area (Å²) in [5, 5.41) is 3.59. The third kappa shape index (κ3) is 5.00. The molecule has 0 spiro atoms. The first-order chi connectivity index (χ1) is 13.4. The number of carbonyl (C=O) groups is 3. The van der Waals surface area contributed by atoms with E-state index in [1.807, 2.05) is 20.8 Å². The van der Waals surface area contributed by atoms with E-state index >= 15 is 0 Å². The number of thiophene rings is 1. The molecule has 6 nitrogen and oxygen atoms in total. The summed E-state index contributed by atoms with van der Waals surface area (Å²) in [6.45, 7) is 12.6. The van der Waals surface area contributed by atoms with Gasteiger partial charge in [-0.1, -0.05) is 13.8 Å². The van der Waals surface area contributed by atoms with E-state index in [0.717, 1.165) is 29.7 Å². The molecule has 2 heterocycles. The number of carbonyl (C=O) groups excluding carboxylic acids is 3. The molecule has 2 aliphatic rings. The highest BCUT2D eigenvalue weighted by Crippen LogP contribution is 2.44. The quantitative estimate of drug-likeness (QED) is 0.749. The van der Waals surface area contributed by atoms with Gasteiger partial charge in [-0.2, -0.15) is 0 Å². The molecular formula is C22H32N2O4S. The topological polar surface area (TPSA) is 75.7 Å². The van der Waals surface area contributed by atoms with Gasteiger partial charge in [-0.25, -0.2) is 4.79 Å². The van der Waals surface area contributed by atoms with Crippen molar-refractivity contribution < 1.29 is 19.1 Å². The average Bonchev–Trinajstić information content (AvgIpc) is 3.16. The number of rotatable bonds is 3. The van der Waals surface area contributed by atoms with Crippen LogP contribution in [-0.4, -0.2) is 41.4 Å². The molecule has 1 aromatic rings. The lowest BCUT2D eigenvalue weighted by Crippen LogP contribution is -2.30. The van der Waals surface area contributed by atoms with E-state index in [-0.39, 0.29) is 29.1 Å². The van der Waals surface area contributed by atoms with Crippen molar-refractivity contribution in [2.75, 3.05) is 18.4 Å². The fourth-order valence-electron chi connectivity index (χ4n) is 4.01. The summed E-state index contributed by atoms with van der Waals surface area (Å²) in [5.74, 6) is -0.761. The van der Waals surface area contributed by atoms with Crippen molar-refractivity contribution in [3.8, 4) is 0 Å². The van der Waals surface area contributed by atoms with E-state index in [0.29, 0.717) is 30.1 Å². The molecule has 3 rings (SSSR count). The maximum Gasteiger partial charge on any atom is 0.341 e. The SMILES string of the molecule is CC(=O)N1CC[C@H](C(=O)Nc2sc3c(c2C(=O)OC(C)(C)C)CCC(C)(C)C3)C1. The lowest BCUT2D eigenvalue weighted by molar-refractivity contribution is -0.128. The smallest absolute Gasteiger partial charge is 0.341 e. The number of nitrogens with zero attached hydrogens (tertiary/aromatic N) is 1. The Morgan fingerprint density at radius 1 is 1.24 bits per heavy atom. The van der Waals surface area contributed by atoms with Crippen LogP contribution in [0.25, 0.3) is 0 Å². The molecule has 0 radical (unpaired) electrons. The van der Waals surface area contributed by atoms with Crippen LogP contribution in [0.3, 0.4) is 0 Å². The third-order valence-electron chi connectivity index (χ3n) is 5.63. The molecule has 0 aromatic carbocycles. The fourth-order valence-corrected chi connectivity index (χ4v) is 5.51. The Balaban J connectivity index is 1.87. The van der Waals surface area contributed by atoms with Crippen LogP contribution in [0, 0.1) is 11.3 Å². The summed E-state index contributed by atoms with van der Waals surface area (Å²) < 4.78 is 5.66. The van der Waals surface area contributed by atoms with E-state index in [1.165, 1.54) is 18.3 Å². The van der Waals surface area contributed by atoms with Gasteiger partial charge in [0, 0.05) is 24.9 Å². The molecule has 0 saturated carbocycles. The molecule has 1 atom stereocenters. The van der Waals surface area contributed by atoms with Crippen LogP contribution in [0.5, 0.6) is 0 Å². The first-order valence-corrected chi connectivity index (χ1v) is 11.1. The molecule has 0 bridgehead atoms. The zero-order valence-electron chi connectivity index (χ0n) is 18.3. The Morgan fingerprint density at radius 2 is 1.93 bits per heavy atom. The molecule has 2 amide bonds. The number of nitrogens with one attached hydrogen (secondary N) is 1. The van der Waals surface area contributed by atoms with Gasteiger partial charge in [0.05, 0.1) is 11.5 Å². The number of fused-ring (bicyclic) bond motifs is 1. The molecule has 1 saturated heterocycles. The predicted molar refractivity (Wildman–Crippen MR) is 114 cm³/mol. The lowest BCUT2D eigenvalue weighted by Gasteiger charge is -2.29. The number of likely N-dealkylation sites (tertiary alicyclic amines) is 1. The minimum Gasteiger partial charge on any atom is -0.456 e. The number of hydrogen-bond acceptors (Lipinski definition) is 5. The molecule has 1 fully saturated rings. The monoisotopic (exact) mass is 420 g/mol. The van der Waals surface area contributed by atoms with Gasteiger partial charge >= 0.3 is 5.97 Å². The highest BCUT2D eigenvalue weighted by atomic mass is 32.1. The van der Waals surface area contributed by atoms with Crippen molar-refractivity contribution in [1.82, 2.24) is 4.90 Å². The Labute approximate surface area is 177 Å². The molecule has 1 aliphatic carbocycles. The van der Waals surface area contributed by atoms with E-state index in [1.54, 1.807) is 4.90 Å². The zero-order valence-corrected chi connectivity index (χ0v) is 19.1. The number of esters is 1. The van der Waals surface area contributed by atoms with Crippen LogP contribution in [0.2, 0.25) is 0 Å².